The molecular formula is C16H10BrF4N5O. The van der Waals surface area contributed by atoms with Crippen LogP contribution in [0.25, 0.3) is 11.4 Å². The molecule has 0 aliphatic heterocycles. The lowest BCUT2D eigenvalue weighted by Gasteiger charge is -2.13. The van der Waals surface area contributed by atoms with Gasteiger partial charge in [0.1, 0.15) is 5.82 Å². The quantitative estimate of drug-likeness (QED) is 0.626. The van der Waals surface area contributed by atoms with E-state index < -0.39 is 29.5 Å². The lowest BCUT2D eigenvalue weighted by atomic mass is 10.1. The molecule has 11 heteroatoms. The number of tetrazole rings is 1. The van der Waals surface area contributed by atoms with Crippen LogP contribution in [0.4, 0.5) is 17.6 Å². The molecule has 1 atom stereocenters. The Morgan fingerprint density at radius 2 is 1.93 bits per heavy atom. The predicted octanol–water partition coefficient (Wildman–Crippen LogP) is 3.34. The third-order valence-electron chi connectivity index (χ3n) is 3.63. The molecule has 2 aromatic carbocycles. The summed E-state index contributed by atoms with van der Waals surface area (Å²) in [6.07, 6.45) is -4.54. The first-order chi connectivity index (χ1) is 12.7. The van der Waals surface area contributed by atoms with E-state index in [1.807, 2.05) is 0 Å². The van der Waals surface area contributed by atoms with Gasteiger partial charge in [-0.15, -0.1) is 15.0 Å². The summed E-state index contributed by atoms with van der Waals surface area (Å²) in [4.78, 5) is 12.6. The molecule has 6 nitrogen and oxygen atoms in total. The Balaban J connectivity index is 2.02. The zero-order chi connectivity index (χ0) is 19.8. The van der Waals surface area contributed by atoms with Gasteiger partial charge in [-0.1, -0.05) is 34.1 Å². The van der Waals surface area contributed by atoms with Crippen molar-refractivity contribution in [1.29, 1.82) is 0 Å². The minimum Gasteiger partial charge on any atom is -0.367 e. The van der Waals surface area contributed by atoms with Gasteiger partial charge in [0.2, 0.25) is 11.7 Å². The van der Waals surface area contributed by atoms with Crippen molar-refractivity contribution < 1.29 is 22.4 Å². The molecule has 1 unspecified atom stereocenters. The number of hydrogen-bond acceptors (Lipinski definition) is 4. The van der Waals surface area contributed by atoms with Crippen molar-refractivity contribution in [2.45, 2.75) is 12.2 Å². The largest absolute Gasteiger partial charge is 0.416 e. The lowest BCUT2D eigenvalue weighted by molar-refractivity contribution is -0.137. The summed E-state index contributed by atoms with van der Waals surface area (Å²) in [5, 5.41) is 11.2. The van der Waals surface area contributed by atoms with Gasteiger partial charge < -0.3 is 5.73 Å². The maximum atomic E-state index is 14.2. The second-order valence-electron chi connectivity index (χ2n) is 5.48. The van der Waals surface area contributed by atoms with Crippen molar-refractivity contribution in [3.05, 3.63) is 63.9 Å². The van der Waals surface area contributed by atoms with Crippen LogP contribution in [0.1, 0.15) is 17.2 Å². The summed E-state index contributed by atoms with van der Waals surface area (Å²) in [5.74, 6) is -1.85. The number of nitrogens with zero attached hydrogens (tertiary/aromatic N) is 4. The second-order valence-corrected chi connectivity index (χ2v) is 6.40. The number of benzene rings is 2. The van der Waals surface area contributed by atoms with Crippen LogP contribution in [0, 0.1) is 5.82 Å². The zero-order valence-corrected chi connectivity index (χ0v) is 14.9. The molecule has 1 amide bonds. The smallest absolute Gasteiger partial charge is 0.367 e. The molecule has 140 valence electrons. The van der Waals surface area contributed by atoms with E-state index in [-0.39, 0.29) is 17.0 Å². The maximum Gasteiger partial charge on any atom is 0.416 e. The summed E-state index contributed by atoms with van der Waals surface area (Å²) in [6.45, 7) is 0. The highest BCUT2D eigenvalue weighted by Gasteiger charge is 2.31. The van der Waals surface area contributed by atoms with Crippen molar-refractivity contribution in [3.8, 4) is 11.4 Å². The Bertz CT molecular complexity index is 1000. The van der Waals surface area contributed by atoms with E-state index in [1.165, 1.54) is 24.3 Å². The van der Waals surface area contributed by atoms with Crippen LogP contribution in [-0.2, 0) is 11.0 Å². The third kappa shape index (κ3) is 3.97. The van der Waals surface area contributed by atoms with Gasteiger partial charge >= 0.3 is 6.18 Å². The molecule has 3 aromatic rings. The van der Waals surface area contributed by atoms with Crippen molar-refractivity contribution >= 4 is 21.8 Å². The molecule has 0 radical (unpaired) electrons. The van der Waals surface area contributed by atoms with E-state index in [9.17, 15) is 22.4 Å². The van der Waals surface area contributed by atoms with Crippen LogP contribution >= 0.6 is 15.9 Å². The number of hydrogen-bond donors (Lipinski definition) is 1. The molecule has 0 aliphatic carbocycles. The van der Waals surface area contributed by atoms with Crippen LogP contribution in [0.15, 0.2) is 46.9 Å². The average Bonchev–Trinajstić information content (AvgIpc) is 3.06. The number of aromatic nitrogens is 4. The van der Waals surface area contributed by atoms with E-state index in [0.29, 0.717) is 4.47 Å². The Hall–Kier alpha value is -2.82. The summed E-state index contributed by atoms with van der Waals surface area (Å²) in [5.41, 5.74) is 4.39. The van der Waals surface area contributed by atoms with Crippen LogP contribution in [0.2, 0.25) is 0 Å². The first-order valence-electron chi connectivity index (χ1n) is 7.38. The van der Waals surface area contributed by atoms with Gasteiger partial charge in [0.15, 0.2) is 6.04 Å². The molecule has 3 rings (SSSR count). The van der Waals surface area contributed by atoms with Crippen molar-refractivity contribution in [1.82, 2.24) is 20.2 Å². The number of primary amides is 1. The lowest BCUT2D eigenvalue weighted by Crippen LogP contribution is -2.30. The van der Waals surface area contributed by atoms with E-state index in [4.69, 9.17) is 5.73 Å². The minimum absolute atomic E-state index is 0.0376. The fourth-order valence-corrected chi connectivity index (χ4v) is 2.73. The van der Waals surface area contributed by atoms with Crippen LogP contribution in [0.5, 0.6) is 0 Å². The Morgan fingerprint density at radius 3 is 2.56 bits per heavy atom. The van der Waals surface area contributed by atoms with Crippen LogP contribution in [-0.4, -0.2) is 26.1 Å². The average molecular weight is 444 g/mol. The second kappa shape index (κ2) is 7.06. The monoisotopic (exact) mass is 443 g/mol. The van der Waals surface area contributed by atoms with E-state index >= 15 is 0 Å². The van der Waals surface area contributed by atoms with E-state index in [2.05, 4.69) is 31.3 Å². The standard InChI is InChI=1S/C16H10BrF4N5O/c17-10-4-5-11(12(18)7-10)13(14(22)27)26-24-15(23-25-26)8-2-1-3-9(6-8)16(19,20)21/h1-7,13H,(H2,22,27). The highest BCUT2D eigenvalue weighted by Crippen LogP contribution is 2.31. The highest BCUT2D eigenvalue weighted by atomic mass is 79.9. The molecule has 0 spiro atoms. The predicted molar refractivity (Wildman–Crippen MR) is 89.7 cm³/mol. The number of alkyl halides is 3. The summed E-state index contributed by atoms with van der Waals surface area (Å²) in [6, 6.07) is 6.84. The van der Waals surface area contributed by atoms with Gasteiger partial charge in [-0.25, -0.2) is 4.39 Å². The molecule has 1 heterocycles. The first kappa shape index (κ1) is 19.0. The molecular weight excluding hydrogens is 434 g/mol. The number of rotatable bonds is 4. The topological polar surface area (TPSA) is 86.7 Å². The highest BCUT2D eigenvalue weighted by molar-refractivity contribution is 9.10. The van der Waals surface area contributed by atoms with E-state index in [1.54, 1.807) is 0 Å². The number of nitrogens with two attached hydrogens (primary N) is 1. The number of carbonyl (C=O) groups excluding carboxylic acids is 1. The van der Waals surface area contributed by atoms with Crippen LogP contribution in [0.3, 0.4) is 0 Å². The SMILES string of the molecule is NC(=O)C(c1ccc(Br)cc1F)n1nnc(-c2cccc(C(F)(F)F)c2)n1. The van der Waals surface area contributed by atoms with Gasteiger partial charge in [0.25, 0.3) is 0 Å². The Morgan fingerprint density at radius 1 is 1.19 bits per heavy atom. The minimum atomic E-state index is -4.54. The number of halogens is 5. The normalized spacial score (nSPS) is 12.8. The zero-order valence-electron chi connectivity index (χ0n) is 13.3. The maximum absolute atomic E-state index is 14.2. The molecule has 0 fully saturated rings. The fourth-order valence-electron chi connectivity index (χ4n) is 2.40. The molecule has 27 heavy (non-hydrogen) atoms. The summed E-state index contributed by atoms with van der Waals surface area (Å²) in [7, 11) is 0. The van der Waals surface area contributed by atoms with Crippen molar-refractivity contribution in [2.75, 3.05) is 0 Å². The van der Waals surface area contributed by atoms with E-state index in [0.717, 1.165) is 23.0 Å². The number of carbonyl (C=O) groups is 1. The third-order valence-corrected chi connectivity index (χ3v) is 4.13. The molecule has 0 saturated carbocycles. The van der Waals surface area contributed by atoms with Crippen molar-refractivity contribution in [3.63, 3.8) is 0 Å². The first-order valence-corrected chi connectivity index (χ1v) is 8.17. The van der Waals surface area contributed by atoms with Gasteiger partial charge in [-0.2, -0.15) is 13.2 Å². The molecule has 1 aromatic heterocycles. The Kier molecular flexibility index (Phi) is 4.96. The van der Waals surface area contributed by atoms with Gasteiger partial charge in [0, 0.05) is 15.6 Å². The van der Waals surface area contributed by atoms with Crippen molar-refractivity contribution in [2.24, 2.45) is 5.73 Å². The Labute approximate surface area is 158 Å². The molecule has 0 aliphatic rings. The van der Waals surface area contributed by atoms with Gasteiger partial charge in [0.05, 0.1) is 5.56 Å². The summed E-state index contributed by atoms with van der Waals surface area (Å²) >= 11 is 3.10. The molecule has 0 bridgehead atoms. The van der Waals surface area contributed by atoms with Gasteiger partial charge in [-0.05, 0) is 29.5 Å². The number of amides is 1. The van der Waals surface area contributed by atoms with Gasteiger partial charge in [-0.3, -0.25) is 4.79 Å². The fraction of sp³-hybridized carbons (Fsp3) is 0.125. The van der Waals surface area contributed by atoms with Crippen LogP contribution < -0.4 is 5.73 Å². The molecule has 0 saturated heterocycles. The molecule has 2 N–H and O–H groups in total. The summed E-state index contributed by atoms with van der Waals surface area (Å²) < 4.78 is 53.2.